The lowest BCUT2D eigenvalue weighted by Gasteiger charge is -2.25. The summed E-state index contributed by atoms with van der Waals surface area (Å²) in [5.74, 6) is 0.133. The van der Waals surface area contributed by atoms with Gasteiger partial charge in [-0.15, -0.1) is 0 Å². The molecule has 0 bridgehead atoms. The van der Waals surface area contributed by atoms with Gasteiger partial charge in [0.1, 0.15) is 5.52 Å². The summed E-state index contributed by atoms with van der Waals surface area (Å²) in [7, 11) is 0. The third-order valence-electron chi connectivity index (χ3n) is 3.12. The van der Waals surface area contributed by atoms with Gasteiger partial charge in [-0.05, 0) is 31.4 Å². The van der Waals surface area contributed by atoms with Crippen LogP contribution in [0.1, 0.15) is 29.9 Å². The predicted molar refractivity (Wildman–Crippen MR) is 63.8 cm³/mol. The minimum absolute atomic E-state index is 0.0825. The Balaban J connectivity index is 1.89. The van der Waals surface area contributed by atoms with E-state index in [0.717, 1.165) is 31.4 Å². The SMILES string of the molecule is O=C(c1nc2ccccc2o1)N1CCCCC1. The van der Waals surface area contributed by atoms with E-state index in [4.69, 9.17) is 4.42 Å². The number of hydrogen-bond acceptors (Lipinski definition) is 3. The number of carbonyl (C=O) groups is 1. The molecule has 0 saturated carbocycles. The molecule has 0 spiro atoms. The molecule has 2 heterocycles. The molecule has 1 aliphatic heterocycles. The van der Waals surface area contributed by atoms with E-state index < -0.39 is 0 Å². The lowest BCUT2D eigenvalue weighted by Crippen LogP contribution is -2.35. The molecule has 1 aliphatic rings. The highest BCUT2D eigenvalue weighted by molar-refractivity contribution is 5.92. The number of rotatable bonds is 1. The maximum atomic E-state index is 12.1. The molecule has 0 aliphatic carbocycles. The molecule has 4 heteroatoms. The molecule has 88 valence electrons. The maximum Gasteiger partial charge on any atom is 0.309 e. The zero-order valence-electron chi connectivity index (χ0n) is 9.56. The number of hydrogen-bond donors (Lipinski definition) is 0. The number of para-hydroxylation sites is 2. The van der Waals surface area contributed by atoms with Gasteiger partial charge >= 0.3 is 5.91 Å². The number of aromatic nitrogens is 1. The molecule has 3 rings (SSSR count). The summed E-state index contributed by atoms with van der Waals surface area (Å²) < 4.78 is 5.48. The minimum Gasteiger partial charge on any atom is -0.432 e. The highest BCUT2D eigenvalue weighted by Gasteiger charge is 2.22. The Morgan fingerprint density at radius 1 is 1.18 bits per heavy atom. The van der Waals surface area contributed by atoms with Crippen molar-refractivity contribution in [1.29, 1.82) is 0 Å². The Hall–Kier alpha value is -1.84. The zero-order chi connectivity index (χ0) is 11.7. The van der Waals surface area contributed by atoms with E-state index in [1.807, 2.05) is 29.2 Å². The van der Waals surface area contributed by atoms with Crippen LogP contribution in [0.3, 0.4) is 0 Å². The molecule has 0 radical (unpaired) electrons. The first-order chi connectivity index (χ1) is 8.34. The Kier molecular flexibility index (Phi) is 2.55. The van der Waals surface area contributed by atoms with Gasteiger partial charge in [0.2, 0.25) is 0 Å². The molecule has 1 saturated heterocycles. The number of piperidine rings is 1. The Bertz CT molecular complexity index is 508. The standard InChI is InChI=1S/C13H14N2O2/c16-13(15-8-4-1-5-9-15)12-14-10-6-2-3-7-11(10)17-12/h2-3,6-7H,1,4-5,8-9H2. The van der Waals surface area contributed by atoms with E-state index in [-0.39, 0.29) is 11.8 Å². The zero-order valence-corrected chi connectivity index (χ0v) is 9.56. The molecule has 1 aromatic heterocycles. The van der Waals surface area contributed by atoms with Gasteiger partial charge in [0.25, 0.3) is 5.89 Å². The summed E-state index contributed by atoms with van der Waals surface area (Å²) in [5.41, 5.74) is 1.42. The summed E-state index contributed by atoms with van der Waals surface area (Å²) in [6, 6.07) is 7.45. The number of likely N-dealkylation sites (tertiary alicyclic amines) is 1. The second-order valence-corrected chi connectivity index (χ2v) is 4.34. The van der Waals surface area contributed by atoms with Crippen LogP contribution in [0.2, 0.25) is 0 Å². The monoisotopic (exact) mass is 230 g/mol. The number of fused-ring (bicyclic) bond motifs is 1. The molecular weight excluding hydrogens is 216 g/mol. The van der Waals surface area contributed by atoms with Crippen molar-refractivity contribution in [3.63, 3.8) is 0 Å². The van der Waals surface area contributed by atoms with Crippen molar-refractivity contribution >= 4 is 17.0 Å². The van der Waals surface area contributed by atoms with Crippen molar-refractivity contribution in [2.75, 3.05) is 13.1 Å². The van der Waals surface area contributed by atoms with Crippen molar-refractivity contribution < 1.29 is 9.21 Å². The average molecular weight is 230 g/mol. The fourth-order valence-corrected chi connectivity index (χ4v) is 2.20. The molecule has 2 aromatic rings. The average Bonchev–Trinajstić information content (AvgIpc) is 2.82. The lowest BCUT2D eigenvalue weighted by molar-refractivity contribution is 0.0686. The van der Waals surface area contributed by atoms with Crippen molar-refractivity contribution in [2.24, 2.45) is 0 Å². The van der Waals surface area contributed by atoms with Crippen LogP contribution in [0.25, 0.3) is 11.1 Å². The fourth-order valence-electron chi connectivity index (χ4n) is 2.20. The van der Waals surface area contributed by atoms with Crippen molar-refractivity contribution in [1.82, 2.24) is 9.88 Å². The first-order valence-corrected chi connectivity index (χ1v) is 5.99. The summed E-state index contributed by atoms with van der Waals surface area (Å²) in [6.45, 7) is 1.63. The van der Waals surface area contributed by atoms with Crippen LogP contribution in [0.4, 0.5) is 0 Å². The summed E-state index contributed by atoms with van der Waals surface area (Å²) in [6.07, 6.45) is 3.36. The maximum absolute atomic E-state index is 12.1. The van der Waals surface area contributed by atoms with Gasteiger partial charge in [-0.2, -0.15) is 0 Å². The number of benzene rings is 1. The summed E-state index contributed by atoms with van der Waals surface area (Å²) >= 11 is 0. The van der Waals surface area contributed by atoms with Gasteiger partial charge in [0, 0.05) is 13.1 Å². The highest BCUT2D eigenvalue weighted by Crippen LogP contribution is 2.18. The van der Waals surface area contributed by atoms with E-state index >= 15 is 0 Å². The van der Waals surface area contributed by atoms with Crippen LogP contribution in [-0.2, 0) is 0 Å². The Morgan fingerprint density at radius 2 is 1.94 bits per heavy atom. The number of carbonyl (C=O) groups excluding carboxylic acids is 1. The fraction of sp³-hybridized carbons (Fsp3) is 0.385. The molecule has 1 fully saturated rings. The van der Waals surface area contributed by atoms with Crippen LogP contribution in [0, 0.1) is 0 Å². The summed E-state index contributed by atoms with van der Waals surface area (Å²) in [5, 5.41) is 0. The lowest BCUT2D eigenvalue weighted by atomic mass is 10.1. The van der Waals surface area contributed by atoms with Gasteiger partial charge in [0.05, 0.1) is 0 Å². The van der Waals surface area contributed by atoms with E-state index in [1.54, 1.807) is 0 Å². The molecule has 1 aromatic carbocycles. The largest absolute Gasteiger partial charge is 0.432 e. The van der Waals surface area contributed by atoms with E-state index in [9.17, 15) is 4.79 Å². The molecule has 4 nitrogen and oxygen atoms in total. The first-order valence-electron chi connectivity index (χ1n) is 5.99. The van der Waals surface area contributed by atoms with Crippen molar-refractivity contribution in [2.45, 2.75) is 19.3 Å². The quantitative estimate of drug-likeness (QED) is 0.756. The van der Waals surface area contributed by atoms with Gasteiger partial charge in [-0.1, -0.05) is 12.1 Å². The molecule has 0 N–H and O–H groups in total. The Morgan fingerprint density at radius 3 is 2.71 bits per heavy atom. The van der Waals surface area contributed by atoms with Crippen LogP contribution < -0.4 is 0 Å². The van der Waals surface area contributed by atoms with Crippen LogP contribution in [0.5, 0.6) is 0 Å². The van der Waals surface area contributed by atoms with Crippen LogP contribution in [-0.4, -0.2) is 28.9 Å². The Labute approximate surface area is 99.2 Å². The van der Waals surface area contributed by atoms with Crippen LogP contribution in [0.15, 0.2) is 28.7 Å². The topological polar surface area (TPSA) is 46.3 Å². The number of nitrogens with zero attached hydrogens (tertiary/aromatic N) is 2. The molecule has 0 atom stereocenters. The first kappa shape index (κ1) is 10.3. The molecule has 0 unspecified atom stereocenters. The molecular formula is C13H14N2O2. The van der Waals surface area contributed by atoms with Crippen LogP contribution >= 0.6 is 0 Å². The number of oxazole rings is 1. The number of amides is 1. The summed E-state index contributed by atoms with van der Waals surface area (Å²) in [4.78, 5) is 18.2. The van der Waals surface area contributed by atoms with Gasteiger partial charge in [-0.25, -0.2) is 4.98 Å². The van der Waals surface area contributed by atoms with Crippen molar-refractivity contribution in [3.05, 3.63) is 30.2 Å². The van der Waals surface area contributed by atoms with E-state index in [2.05, 4.69) is 4.98 Å². The van der Waals surface area contributed by atoms with Gasteiger partial charge in [-0.3, -0.25) is 4.79 Å². The second kappa shape index (κ2) is 4.20. The van der Waals surface area contributed by atoms with Crippen molar-refractivity contribution in [3.8, 4) is 0 Å². The molecule has 17 heavy (non-hydrogen) atoms. The smallest absolute Gasteiger partial charge is 0.309 e. The second-order valence-electron chi connectivity index (χ2n) is 4.34. The highest BCUT2D eigenvalue weighted by atomic mass is 16.4. The van der Waals surface area contributed by atoms with Gasteiger partial charge < -0.3 is 9.32 Å². The van der Waals surface area contributed by atoms with E-state index in [0.29, 0.717) is 5.58 Å². The third-order valence-corrected chi connectivity index (χ3v) is 3.12. The minimum atomic E-state index is -0.0825. The predicted octanol–water partition coefficient (Wildman–Crippen LogP) is 2.45. The normalized spacial score (nSPS) is 16.4. The van der Waals surface area contributed by atoms with Gasteiger partial charge in [0.15, 0.2) is 5.58 Å². The third kappa shape index (κ3) is 1.90. The molecule has 1 amide bonds. The van der Waals surface area contributed by atoms with E-state index in [1.165, 1.54) is 6.42 Å².